The van der Waals surface area contributed by atoms with Crippen molar-refractivity contribution in [3.63, 3.8) is 0 Å². The van der Waals surface area contributed by atoms with Gasteiger partial charge in [0.05, 0.1) is 36.9 Å². The minimum absolute atomic E-state index is 0.0464. The Balaban J connectivity index is 1.74. The number of aromatic nitrogens is 1. The molecule has 1 N–H and O–H groups in total. The first-order valence-electron chi connectivity index (χ1n) is 8.72. The zero-order valence-electron chi connectivity index (χ0n) is 14.1. The summed E-state index contributed by atoms with van der Waals surface area (Å²) in [6.07, 6.45) is -0.507. The summed E-state index contributed by atoms with van der Waals surface area (Å²) in [5.74, 6) is 0. The molecule has 130 valence electrons. The Morgan fingerprint density at radius 3 is 2.08 bits per heavy atom. The minimum atomic E-state index is -0.507. The molecular formula is C20H22N2O3. The molecule has 1 saturated heterocycles. The molecule has 5 nitrogen and oxygen atoms in total. The fourth-order valence-corrected chi connectivity index (χ4v) is 3.62. The van der Waals surface area contributed by atoms with Crippen molar-refractivity contribution >= 4 is 21.8 Å². The molecule has 1 atom stereocenters. The summed E-state index contributed by atoms with van der Waals surface area (Å²) in [6, 6.07) is 15.2. The highest BCUT2D eigenvalue weighted by Crippen LogP contribution is 2.19. The van der Waals surface area contributed by atoms with Crippen LogP contribution >= 0.6 is 0 Å². The molecule has 2 heterocycles. The molecule has 4 rings (SSSR count). The van der Waals surface area contributed by atoms with Crippen LogP contribution in [0.4, 0.5) is 0 Å². The fraction of sp³-hybridized carbons (Fsp3) is 0.350. The van der Waals surface area contributed by atoms with E-state index in [4.69, 9.17) is 4.74 Å². The number of morpholine rings is 1. The Bertz CT molecular complexity index is 884. The van der Waals surface area contributed by atoms with E-state index in [9.17, 15) is 9.90 Å². The highest BCUT2D eigenvalue weighted by atomic mass is 16.5. The van der Waals surface area contributed by atoms with Crippen LogP contribution in [0, 0.1) is 0 Å². The summed E-state index contributed by atoms with van der Waals surface area (Å²) < 4.78 is 7.43. The molecule has 0 radical (unpaired) electrons. The minimum Gasteiger partial charge on any atom is -0.390 e. The standard InChI is InChI=1S/C20H22N2O3/c23-15(13-21-9-11-25-12-10-21)14-22-18-7-3-1-5-16(18)20(24)17-6-2-4-8-19(17)22/h1-8,15,23H,9-14H2. The largest absolute Gasteiger partial charge is 0.390 e. The normalized spacial score (nSPS) is 17.2. The number of benzene rings is 2. The van der Waals surface area contributed by atoms with Crippen molar-refractivity contribution in [2.24, 2.45) is 0 Å². The molecule has 1 aliphatic heterocycles. The number of hydrogen-bond acceptors (Lipinski definition) is 4. The summed E-state index contributed by atoms with van der Waals surface area (Å²) in [4.78, 5) is 15.0. The smallest absolute Gasteiger partial charge is 0.197 e. The van der Waals surface area contributed by atoms with E-state index in [2.05, 4.69) is 9.47 Å². The third-order valence-corrected chi connectivity index (χ3v) is 4.84. The second-order valence-corrected chi connectivity index (χ2v) is 6.54. The predicted octanol–water partition coefficient (Wildman–Crippen LogP) is 1.85. The predicted molar refractivity (Wildman–Crippen MR) is 99.0 cm³/mol. The van der Waals surface area contributed by atoms with Gasteiger partial charge >= 0.3 is 0 Å². The zero-order valence-corrected chi connectivity index (χ0v) is 14.1. The van der Waals surface area contributed by atoms with E-state index in [0.29, 0.717) is 23.9 Å². The van der Waals surface area contributed by atoms with Crippen LogP contribution in [0.5, 0.6) is 0 Å². The zero-order chi connectivity index (χ0) is 17.2. The lowest BCUT2D eigenvalue weighted by Crippen LogP contribution is -2.42. The number of pyridine rings is 1. The Morgan fingerprint density at radius 1 is 0.920 bits per heavy atom. The second-order valence-electron chi connectivity index (χ2n) is 6.54. The summed E-state index contributed by atoms with van der Waals surface area (Å²) >= 11 is 0. The molecule has 2 aromatic carbocycles. The first kappa shape index (κ1) is 16.3. The quantitative estimate of drug-likeness (QED) is 0.738. The number of rotatable bonds is 4. The highest BCUT2D eigenvalue weighted by Gasteiger charge is 2.17. The first-order chi connectivity index (χ1) is 12.2. The Kier molecular flexibility index (Phi) is 4.53. The van der Waals surface area contributed by atoms with Gasteiger partial charge in [-0.15, -0.1) is 0 Å². The van der Waals surface area contributed by atoms with Crippen molar-refractivity contribution in [1.29, 1.82) is 0 Å². The summed E-state index contributed by atoms with van der Waals surface area (Å²) in [5.41, 5.74) is 1.78. The number of aliphatic hydroxyl groups excluding tert-OH is 1. The Hall–Kier alpha value is -2.21. The first-order valence-corrected chi connectivity index (χ1v) is 8.72. The van der Waals surface area contributed by atoms with Crippen LogP contribution in [0.1, 0.15) is 0 Å². The average molecular weight is 338 g/mol. The lowest BCUT2D eigenvalue weighted by Gasteiger charge is -2.29. The van der Waals surface area contributed by atoms with E-state index in [1.807, 2.05) is 48.5 Å². The number of aliphatic hydroxyl groups is 1. The van der Waals surface area contributed by atoms with Gasteiger partial charge in [-0.1, -0.05) is 24.3 Å². The van der Waals surface area contributed by atoms with Crippen molar-refractivity contribution in [3.05, 3.63) is 58.8 Å². The molecule has 0 saturated carbocycles. The molecule has 25 heavy (non-hydrogen) atoms. The van der Waals surface area contributed by atoms with Crippen LogP contribution in [0.3, 0.4) is 0 Å². The number of hydrogen-bond donors (Lipinski definition) is 1. The van der Waals surface area contributed by atoms with Gasteiger partial charge in [-0.3, -0.25) is 9.69 Å². The molecule has 1 fully saturated rings. The van der Waals surface area contributed by atoms with E-state index in [-0.39, 0.29) is 5.43 Å². The van der Waals surface area contributed by atoms with E-state index in [1.54, 1.807) is 0 Å². The maximum atomic E-state index is 12.7. The van der Waals surface area contributed by atoms with Crippen LogP contribution in [0.25, 0.3) is 21.8 Å². The van der Waals surface area contributed by atoms with Gasteiger partial charge in [0.2, 0.25) is 0 Å². The number of para-hydroxylation sites is 2. The second kappa shape index (κ2) is 6.96. The van der Waals surface area contributed by atoms with Crippen molar-refractivity contribution < 1.29 is 9.84 Å². The molecule has 1 aliphatic rings. The van der Waals surface area contributed by atoms with Crippen LogP contribution in [-0.4, -0.2) is 53.5 Å². The van der Waals surface area contributed by atoms with Crippen LogP contribution < -0.4 is 5.43 Å². The van der Waals surface area contributed by atoms with Crippen molar-refractivity contribution in [2.75, 3.05) is 32.8 Å². The summed E-state index contributed by atoms with van der Waals surface area (Å²) in [7, 11) is 0. The monoisotopic (exact) mass is 338 g/mol. The summed E-state index contributed by atoms with van der Waals surface area (Å²) in [5, 5.41) is 12.1. The van der Waals surface area contributed by atoms with E-state index >= 15 is 0 Å². The van der Waals surface area contributed by atoms with Gasteiger partial charge < -0.3 is 14.4 Å². The average Bonchev–Trinajstić information content (AvgIpc) is 2.66. The van der Waals surface area contributed by atoms with Gasteiger partial charge in [-0.05, 0) is 24.3 Å². The molecule has 0 aliphatic carbocycles. The van der Waals surface area contributed by atoms with Crippen LogP contribution in [-0.2, 0) is 11.3 Å². The SMILES string of the molecule is O=c1c2ccccc2n(CC(O)CN2CCOCC2)c2ccccc12. The third kappa shape index (κ3) is 3.18. The Labute approximate surface area is 146 Å². The fourth-order valence-electron chi connectivity index (χ4n) is 3.62. The van der Waals surface area contributed by atoms with E-state index in [1.165, 1.54) is 0 Å². The topological polar surface area (TPSA) is 54.7 Å². The van der Waals surface area contributed by atoms with Crippen molar-refractivity contribution in [3.8, 4) is 0 Å². The lowest BCUT2D eigenvalue weighted by atomic mass is 10.1. The van der Waals surface area contributed by atoms with Crippen LogP contribution in [0.15, 0.2) is 53.3 Å². The van der Waals surface area contributed by atoms with Gasteiger partial charge in [-0.2, -0.15) is 0 Å². The maximum Gasteiger partial charge on any atom is 0.197 e. The molecule has 3 aromatic rings. The molecule has 1 unspecified atom stereocenters. The molecular weight excluding hydrogens is 316 g/mol. The van der Waals surface area contributed by atoms with Crippen LogP contribution in [0.2, 0.25) is 0 Å². The number of ether oxygens (including phenoxy) is 1. The van der Waals surface area contributed by atoms with E-state index in [0.717, 1.165) is 37.3 Å². The number of β-amino-alcohol motifs (C(OH)–C–C–N with tert-alkyl or cyclic N) is 1. The van der Waals surface area contributed by atoms with E-state index < -0.39 is 6.10 Å². The van der Waals surface area contributed by atoms with Crippen molar-refractivity contribution in [2.45, 2.75) is 12.6 Å². The molecule has 0 spiro atoms. The van der Waals surface area contributed by atoms with Gasteiger partial charge in [0.25, 0.3) is 0 Å². The molecule has 5 heteroatoms. The summed E-state index contributed by atoms with van der Waals surface area (Å²) in [6.45, 7) is 4.20. The highest BCUT2D eigenvalue weighted by molar-refractivity contribution is 5.93. The third-order valence-electron chi connectivity index (χ3n) is 4.84. The van der Waals surface area contributed by atoms with Crippen molar-refractivity contribution in [1.82, 2.24) is 9.47 Å². The Morgan fingerprint density at radius 2 is 1.48 bits per heavy atom. The van der Waals surface area contributed by atoms with Gasteiger partial charge in [-0.25, -0.2) is 0 Å². The van der Waals surface area contributed by atoms with Gasteiger partial charge in [0, 0.05) is 30.4 Å². The molecule has 0 bridgehead atoms. The number of nitrogens with zero attached hydrogens (tertiary/aromatic N) is 2. The maximum absolute atomic E-state index is 12.7. The molecule has 1 aromatic heterocycles. The number of fused-ring (bicyclic) bond motifs is 2. The lowest BCUT2D eigenvalue weighted by molar-refractivity contribution is 0.0119. The molecule has 0 amide bonds. The van der Waals surface area contributed by atoms with Gasteiger partial charge in [0.1, 0.15) is 0 Å². The van der Waals surface area contributed by atoms with Gasteiger partial charge in [0.15, 0.2) is 5.43 Å².